The molecule has 1 unspecified atom stereocenters. The van der Waals surface area contributed by atoms with Gasteiger partial charge in [0.25, 0.3) is 0 Å². The summed E-state index contributed by atoms with van der Waals surface area (Å²) in [5, 5.41) is 10.3. The molecule has 0 bridgehead atoms. The molecular weight excluding hydrogens is 228 g/mol. The van der Waals surface area contributed by atoms with Crippen molar-refractivity contribution in [2.45, 2.75) is 25.7 Å². The molecule has 0 spiro atoms. The summed E-state index contributed by atoms with van der Waals surface area (Å²) in [6.07, 6.45) is 3.68. The predicted molar refractivity (Wildman–Crippen MR) is 71.2 cm³/mol. The van der Waals surface area contributed by atoms with Gasteiger partial charge in [-0.05, 0) is 42.8 Å². The summed E-state index contributed by atoms with van der Waals surface area (Å²) >= 11 is 1.79. The van der Waals surface area contributed by atoms with Crippen LogP contribution in [0.2, 0.25) is 0 Å². The second kappa shape index (κ2) is 4.08. The molecule has 2 nitrogen and oxygen atoms in total. The lowest BCUT2D eigenvalue weighted by atomic mass is 9.83. The third-order valence-corrected chi connectivity index (χ3v) is 4.41. The molecule has 3 rings (SSSR count). The maximum atomic E-state index is 8.21. The van der Waals surface area contributed by atoms with Crippen molar-refractivity contribution in [3.63, 3.8) is 0 Å². The van der Waals surface area contributed by atoms with Crippen molar-refractivity contribution < 1.29 is 0 Å². The zero-order valence-corrected chi connectivity index (χ0v) is 10.6. The highest BCUT2D eigenvalue weighted by Gasteiger charge is 2.26. The van der Waals surface area contributed by atoms with Gasteiger partial charge in [-0.15, -0.1) is 11.3 Å². The van der Waals surface area contributed by atoms with E-state index in [1.165, 1.54) is 10.4 Å². The minimum Gasteiger partial charge on any atom is -0.305 e. The molecule has 17 heavy (non-hydrogen) atoms. The van der Waals surface area contributed by atoms with Crippen LogP contribution >= 0.6 is 11.3 Å². The first-order chi connectivity index (χ1) is 8.25. The lowest BCUT2D eigenvalue weighted by Crippen LogP contribution is -2.20. The fraction of sp³-hybridized carbons (Fsp3) is 0.286. The summed E-state index contributed by atoms with van der Waals surface area (Å²) in [6.45, 7) is 2.07. The first kappa shape index (κ1) is 10.7. The Balaban J connectivity index is 2.02. The lowest BCUT2D eigenvalue weighted by molar-refractivity contribution is 0.688. The minimum absolute atomic E-state index is 0.448. The number of pyridine rings is 1. The molecule has 2 aromatic heterocycles. The number of aromatic nitrogens is 1. The number of thiophene rings is 1. The summed E-state index contributed by atoms with van der Waals surface area (Å²) in [6, 6.07) is 6.26. The molecule has 2 heterocycles. The van der Waals surface area contributed by atoms with Crippen molar-refractivity contribution in [3.05, 3.63) is 51.5 Å². The third kappa shape index (κ3) is 1.80. The third-order valence-electron chi connectivity index (χ3n) is 3.38. The van der Waals surface area contributed by atoms with Crippen LogP contribution in [0.5, 0.6) is 0 Å². The van der Waals surface area contributed by atoms with Crippen molar-refractivity contribution >= 4 is 17.0 Å². The van der Waals surface area contributed by atoms with E-state index in [9.17, 15) is 0 Å². The molecule has 0 saturated carbocycles. The molecule has 1 N–H and O–H groups in total. The van der Waals surface area contributed by atoms with Gasteiger partial charge in [0.05, 0.1) is 5.69 Å². The number of rotatable bonds is 1. The van der Waals surface area contributed by atoms with E-state index < -0.39 is 0 Å². The van der Waals surface area contributed by atoms with Crippen LogP contribution in [0.1, 0.15) is 34.0 Å². The zero-order valence-electron chi connectivity index (χ0n) is 9.73. The fourth-order valence-electron chi connectivity index (χ4n) is 2.56. The van der Waals surface area contributed by atoms with E-state index in [-0.39, 0.29) is 0 Å². The largest absolute Gasteiger partial charge is 0.305 e. The van der Waals surface area contributed by atoms with Gasteiger partial charge >= 0.3 is 0 Å². The van der Waals surface area contributed by atoms with Crippen LogP contribution in [-0.2, 0) is 6.42 Å². The Bertz CT molecular complexity index is 558. The van der Waals surface area contributed by atoms with E-state index in [0.717, 1.165) is 29.8 Å². The molecule has 0 radical (unpaired) electrons. The topological polar surface area (TPSA) is 36.7 Å². The van der Waals surface area contributed by atoms with E-state index in [1.807, 2.05) is 12.3 Å². The smallest absolute Gasteiger partial charge is 0.0503 e. The summed E-state index contributed by atoms with van der Waals surface area (Å²) < 4.78 is 0. The number of nitrogens with one attached hydrogen (secondary N) is 1. The Morgan fingerprint density at radius 1 is 1.35 bits per heavy atom. The number of hydrogen-bond acceptors (Lipinski definition) is 3. The van der Waals surface area contributed by atoms with Gasteiger partial charge in [-0.2, -0.15) is 0 Å². The minimum atomic E-state index is 0.448. The fourth-order valence-corrected chi connectivity index (χ4v) is 3.39. The van der Waals surface area contributed by atoms with E-state index in [1.54, 1.807) is 11.3 Å². The van der Waals surface area contributed by atoms with Crippen LogP contribution in [-0.4, -0.2) is 10.7 Å². The van der Waals surface area contributed by atoms with Crippen molar-refractivity contribution in [1.82, 2.24) is 4.98 Å². The van der Waals surface area contributed by atoms with Gasteiger partial charge in [0.1, 0.15) is 0 Å². The van der Waals surface area contributed by atoms with E-state index >= 15 is 0 Å². The number of fused-ring (bicyclic) bond motifs is 1. The molecule has 2 aromatic rings. The molecule has 1 aliphatic rings. The summed E-state index contributed by atoms with van der Waals surface area (Å²) in [5.41, 5.74) is 4.11. The Hall–Kier alpha value is -1.48. The molecule has 0 amide bonds. The first-order valence-corrected chi connectivity index (χ1v) is 6.69. The molecule has 3 heteroatoms. The SMILES string of the molecule is Cc1ccnc2c1C(=N)CC(c1cccs1)C2. The maximum Gasteiger partial charge on any atom is 0.0503 e. The van der Waals surface area contributed by atoms with Gasteiger partial charge in [-0.3, -0.25) is 4.98 Å². The average Bonchev–Trinajstić information content (AvgIpc) is 2.81. The van der Waals surface area contributed by atoms with E-state index in [0.29, 0.717) is 5.92 Å². The zero-order chi connectivity index (χ0) is 11.8. The van der Waals surface area contributed by atoms with Gasteiger partial charge in [0, 0.05) is 28.3 Å². The van der Waals surface area contributed by atoms with E-state index in [4.69, 9.17) is 5.41 Å². The summed E-state index contributed by atoms with van der Waals surface area (Å²) in [4.78, 5) is 5.83. The highest BCUT2D eigenvalue weighted by Crippen LogP contribution is 2.34. The quantitative estimate of drug-likeness (QED) is 0.815. The molecular formula is C14H14N2S. The van der Waals surface area contributed by atoms with Gasteiger partial charge in [0.15, 0.2) is 0 Å². The van der Waals surface area contributed by atoms with Crippen LogP contribution in [0.25, 0.3) is 0 Å². The number of hydrogen-bond donors (Lipinski definition) is 1. The Morgan fingerprint density at radius 3 is 3.00 bits per heavy atom. The molecule has 0 aromatic carbocycles. The van der Waals surface area contributed by atoms with E-state index in [2.05, 4.69) is 29.4 Å². The van der Waals surface area contributed by atoms with Crippen LogP contribution < -0.4 is 0 Å². The van der Waals surface area contributed by atoms with Crippen molar-refractivity contribution in [2.75, 3.05) is 0 Å². The van der Waals surface area contributed by atoms with Gasteiger partial charge in [-0.1, -0.05) is 6.07 Å². The molecule has 1 atom stereocenters. The molecule has 0 fully saturated rings. The second-order valence-electron chi connectivity index (χ2n) is 4.55. The van der Waals surface area contributed by atoms with Crippen LogP contribution in [0, 0.1) is 12.3 Å². The van der Waals surface area contributed by atoms with Crippen LogP contribution in [0.15, 0.2) is 29.8 Å². The molecule has 86 valence electrons. The molecule has 0 saturated heterocycles. The lowest BCUT2D eigenvalue weighted by Gasteiger charge is -2.24. The number of aryl methyl sites for hydroxylation is 1. The molecule has 0 aliphatic heterocycles. The Morgan fingerprint density at radius 2 is 2.24 bits per heavy atom. The number of nitrogens with zero attached hydrogens (tertiary/aromatic N) is 1. The second-order valence-corrected chi connectivity index (χ2v) is 5.53. The summed E-state index contributed by atoms with van der Waals surface area (Å²) in [7, 11) is 0. The standard InChI is InChI=1S/C14H14N2S/c1-9-4-5-16-12-8-10(7-11(15)14(9)12)13-3-2-6-17-13/h2-6,10,15H,7-8H2,1H3. The van der Waals surface area contributed by atoms with Crippen LogP contribution in [0.4, 0.5) is 0 Å². The summed E-state index contributed by atoms with van der Waals surface area (Å²) in [5.74, 6) is 0.448. The highest BCUT2D eigenvalue weighted by atomic mass is 32.1. The monoisotopic (exact) mass is 242 g/mol. The maximum absolute atomic E-state index is 8.21. The highest BCUT2D eigenvalue weighted by molar-refractivity contribution is 7.10. The van der Waals surface area contributed by atoms with Crippen molar-refractivity contribution in [3.8, 4) is 0 Å². The Kier molecular flexibility index (Phi) is 2.56. The van der Waals surface area contributed by atoms with Gasteiger partial charge in [-0.25, -0.2) is 0 Å². The van der Waals surface area contributed by atoms with Gasteiger partial charge in [0.2, 0.25) is 0 Å². The average molecular weight is 242 g/mol. The van der Waals surface area contributed by atoms with Crippen LogP contribution in [0.3, 0.4) is 0 Å². The van der Waals surface area contributed by atoms with Crippen molar-refractivity contribution in [2.24, 2.45) is 0 Å². The van der Waals surface area contributed by atoms with Gasteiger partial charge < -0.3 is 5.41 Å². The van der Waals surface area contributed by atoms with Crippen molar-refractivity contribution in [1.29, 1.82) is 5.41 Å². The Labute approximate surface area is 105 Å². The first-order valence-electron chi connectivity index (χ1n) is 5.81. The molecule has 1 aliphatic carbocycles. The predicted octanol–water partition coefficient (Wildman–Crippen LogP) is 3.55. The normalized spacial score (nSPS) is 19.1.